The van der Waals surface area contributed by atoms with Gasteiger partial charge >= 0.3 is 0 Å². The summed E-state index contributed by atoms with van der Waals surface area (Å²) in [6.45, 7) is 4.50. The average molecular weight is 327 g/mol. The zero-order chi connectivity index (χ0) is 16.9. The molecule has 0 bridgehead atoms. The number of benzene rings is 2. The number of hydrogen-bond donors (Lipinski definition) is 1. The summed E-state index contributed by atoms with van der Waals surface area (Å²) in [5, 5.41) is 2.83. The SMILES string of the molecule is CC[C@@H](C)c1ccc(NC(=O)COc2ccc3c(c2)OCO3)cc1. The minimum Gasteiger partial charge on any atom is -0.484 e. The van der Waals surface area contributed by atoms with Gasteiger partial charge in [0.2, 0.25) is 6.79 Å². The number of anilines is 1. The van der Waals surface area contributed by atoms with Crippen LogP contribution in [0.1, 0.15) is 31.7 Å². The Kier molecular flexibility index (Phi) is 4.89. The lowest BCUT2D eigenvalue weighted by Gasteiger charge is -2.11. The maximum atomic E-state index is 12.0. The van der Waals surface area contributed by atoms with Gasteiger partial charge in [0.25, 0.3) is 5.91 Å². The second-order valence-corrected chi connectivity index (χ2v) is 5.78. The highest BCUT2D eigenvalue weighted by atomic mass is 16.7. The molecular formula is C19H21NO4. The summed E-state index contributed by atoms with van der Waals surface area (Å²) >= 11 is 0. The number of carbonyl (C=O) groups is 1. The highest BCUT2D eigenvalue weighted by molar-refractivity contribution is 5.91. The average Bonchev–Trinajstić information content (AvgIpc) is 3.07. The van der Waals surface area contributed by atoms with Crippen molar-refractivity contribution in [3.63, 3.8) is 0 Å². The molecule has 3 rings (SSSR count). The molecule has 2 aromatic carbocycles. The Morgan fingerprint density at radius 2 is 1.92 bits per heavy atom. The van der Waals surface area contributed by atoms with Crippen LogP contribution in [0.4, 0.5) is 5.69 Å². The molecule has 1 aliphatic rings. The van der Waals surface area contributed by atoms with E-state index in [0.29, 0.717) is 23.2 Å². The van der Waals surface area contributed by atoms with Crippen LogP contribution in [0.2, 0.25) is 0 Å². The van der Waals surface area contributed by atoms with E-state index in [2.05, 4.69) is 19.2 Å². The van der Waals surface area contributed by atoms with Crippen LogP contribution in [-0.2, 0) is 4.79 Å². The molecule has 0 aliphatic carbocycles. The van der Waals surface area contributed by atoms with Gasteiger partial charge in [-0.25, -0.2) is 0 Å². The molecule has 1 atom stereocenters. The first-order valence-corrected chi connectivity index (χ1v) is 8.08. The summed E-state index contributed by atoms with van der Waals surface area (Å²) in [4.78, 5) is 12.0. The van der Waals surface area contributed by atoms with Crippen molar-refractivity contribution >= 4 is 11.6 Å². The minimum absolute atomic E-state index is 0.0627. The van der Waals surface area contributed by atoms with Gasteiger partial charge in [0.15, 0.2) is 18.1 Å². The fourth-order valence-electron chi connectivity index (χ4n) is 2.44. The van der Waals surface area contributed by atoms with Gasteiger partial charge in [-0.2, -0.15) is 0 Å². The van der Waals surface area contributed by atoms with Gasteiger partial charge < -0.3 is 19.5 Å². The van der Waals surface area contributed by atoms with Gasteiger partial charge in [-0.05, 0) is 42.2 Å². The maximum Gasteiger partial charge on any atom is 0.262 e. The predicted molar refractivity (Wildman–Crippen MR) is 91.8 cm³/mol. The highest BCUT2D eigenvalue weighted by Gasteiger charge is 2.14. The van der Waals surface area contributed by atoms with E-state index in [4.69, 9.17) is 14.2 Å². The lowest BCUT2D eigenvalue weighted by molar-refractivity contribution is -0.118. The summed E-state index contributed by atoms with van der Waals surface area (Å²) in [6.07, 6.45) is 1.09. The third-order valence-corrected chi connectivity index (χ3v) is 4.09. The quantitative estimate of drug-likeness (QED) is 0.873. The fourth-order valence-corrected chi connectivity index (χ4v) is 2.44. The Hall–Kier alpha value is -2.69. The van der Waals surface area contributed by atoms with Crippen molar-refractivity contribution in [3.05, 3.63) is 48.0 Å². The first-order valence-electron chi connectivity index (χ1n) is 8.08. The van der Waals surface area contributed by atoms with E-state index >= 15 is 0 Å². The van der Waals surface area contributed by atoms with E-state index in [1.54, 1.807) is 18.2 Å². The van der Waals surface area contributed by atoms with Crippen LogP contribution in [0.5, 0.6) is 17.2 Å². The largest absolute Gasteiger partial charge is 0.484 e. The van der Waals surface area contributed by atoms with Crippen LogP contribution < -0.4 is 19.5 Å². The maximum absolute atomic E-state index is 12.0. The molecule has 126 valence electrons. The van der Waals surface area contributed by atoms with E-state index in [0.717, 1.165) is 12.1 Å². The van der Waals surface area contributed by atoms with E-state index in [-0.39, 0.29) is 19.3 Å². The molecule has 0 saturated heterocycles. The molecule has 0 unspecified atom stereocenters. The van der Waals surface area contributed by atoms with Crippen LogP contribution in [0, 0.1) is 0 Å². The second-order valence-electron chi connectivity index (χ2n) is 5.78. The monoisotopic (exact) mass is 327 g/mol. The zero-order valence-corrected chi connectivity index (χ0v) is 13.9. The molecule has 24 heavy (non-hydrogen) atoms. The topological polar surface area (TPSA) is 56.8 Å². The standard InChI is InChI=1S/C19H21NO4/c1-3-13(2)14-4-6-15(7-5-14)20-19(21)11-22-16-8-9-17-18(10-16)24-12-23-17/h4-10,13H,3,11-12H2,1-2H3,(H,20,21)/t13-/m1/s1. The van der Waals surface area contributed by atoms with Crippen molar-refractivity contribution in [2.45, 2.75) is 26.2 Å². The third-order valence-electron chi connectivity index (χ3n) is 4.09. The first kappa shape index (κ1) is 16.2. The summed E-state index contributed by atoms with van der Waals surface area (Å²) in [5.41, 5.74) is 2.04. The molecule has 0 aromatic heterocycles. The minimum atomic E-state index is -0.205. The van der Waals surface area contributed by atoms with Gasteiger partial charge in [-0.3, -0.25) is 4.79 Å². The molecule has 1 heterocycles. The Labute approximate surface area is 141 Å². The normalized spacial score (nSPS) is 13.4. The highest BCUT2D eigenvalue weighted by Crippen LogP contribution is 2.35. The Morgan fingerprint density at radius 1 is 1.17 bits per heavy atom. The molecule has 0 radical (unpaired) electrons. The summed E-state index contributed by atoms with van der Waals surface area (Å²) in [7, 11) is 0. The van der Waals surface area contributed by atoms with Crippen LogP contribution in [0.3, 0.4) is 0 Å². The number of fused-ring (bicyclic) bond motifs is 1. The molecule has 0 spiro atoms. The van der Waals surface area contributed by atoms with Crippen molar-refractivity contribution in [1.82, 2.24) is 0 Å². The Bertz CT molecular complexity index is 712. The molecule has 1 amide bonds. The first-order chi connectivity index (χ1) is 11.7. The van der Waals surface area contributed by atoms with Crippen molar-refractivity contribution in [3.8, 4) is 17.2 Å². The van der Waals surface area contributed by atoms with Crippen LogP contribution >= 0.6 is 0 Å². The smallest absolute Gasteiger partial charge is 0.262 e. The summed E-state index contributed by atoms with van der Waals surface area (Å²) in [5.74, 6) is 2.20. The Balaban J connectivity index is 1.52. The van der Waals surface area contributed by atoms with E-state index in [1.165, 1.54) is 5.56 Å². The molecule has 1 aliphatic heterocycles. The van der Waals surface area contributed by atoms with Crippen LogP contribution in [-0.4, -0.2) is 19.3 Å². The van der Waals surface area contributed by atoms with E-state index in [1.807, 2.05) is 24.3 Å². The molecule has 5 nitrogen and oxygen atoms in total. The van der Waals surface area contributed by atoms with Crippen LogP contribution in [0.25, 0.3) is 0 Å². The lowest BCUT2D eigenvalue weighted by Crippen LogP contribution is -2.20. The zero-order valence-electron chi connectivity index (χ0n) is 13.9. The molecule has 5 heteroatoms. The predicted octanol–water partition coefficient (Wildman–Crippen LogP) is 3.95. The fraction of sp³-hybridized carbons (Fsp3) is 0.316. The van der Waals surface area contributed by atoms with Crippen molar-refractivity contribution in [1.29, 1.82) is 0 Å². The molecule has 0 saturated carbocycles. The number of nitrogens with one attached hydrogen (secondary N) is 1. The Morgan fingerprint density at radius 3 is 2.67 bits per heavy atom. The number of hydrogen-bond acceptors (Lipinski definition) is 4. The van der Waals surface area contributed by atoms with Crippen molar-refractivity contribution in [2.24, 2.45) is 0 Å². The van der Waals surface area contributed by atoms with Crippen molar-refractivity contribution in [2.75, 3.05) is 18.7 Å². The third kappa shape index (κ3) is 3.79. The lowest BCUT2D eigenvalue weighted by atomic mass is 9.99. The van der Waals surface area contributed by atoms with Gasteiger partial charge in [-0.1, -0.05) is 26.0 Å². The number of ether oxygens (including phenoxy) is 3. The van der Waals surface area contributed by atoms with E-state index < -0.39 is 0 Å². The number of rotatable bonds is 6. The van der Waals surface area contributed by atoms with Gasteiger partial charge in [0.05, 0.1) is 0 Å². The molecular weight excluding hydrogens is 306 g/mol. The van der Waals surface area contributed by atoms with Crippen molar-refractivity contribution < 1.29 is 19.0 Å². The summed E-state index contributed by atoms with van der Waals surface area (Å²) < 4.78 is 16.0. The number of carbonyl (C=O) groups excluding carboxylic acids is 1. The number of amides is 1. The molecule has 2 aromatic rings. The summed E-state index contributed by atoms with van der Waals surface area (Å²) in [6, 6.07) is 13.2. The van der Waals surface area contributed by atoms with E-state index in [9.17, 15) is 4.79 Å². The molecule has 0 fully saturated rings. The van der Waals surface area contributed by atoms with Gasteiger partial charge in [-0.15, -0.1) is 0 Å². The van der Waals surface area contributed by atoms with Crippen LogP contribution in [0.15, 0.2) is 42.5 Å². The molecule has 1 N–H and O–H groups in total. The van der Waals surface area contributed by atoms with Gasteiger partial charge in [0, 0.05) is 11.8 Å². The van der Waals surface area contributed by atoms with Gasteiger partial charge in [0.1, 0.15) is 5.75 Å². The second kappa shape index (κ2) is 7.25.